The molecule has 1 aliphatic rings. The van der Waals surface area contributed by atoms with Gasteiger partial charge in [-0.1, -0.05) is 0 Å². The van der Waals surface area contributed by atoms with Gasteiger partial charge >= 0.3 is 5.97 Å². The first-order valence-electron chi connectivity index (χ1n) is 4.21. The maximum atomic E-state index is 10.9. The highest BCUT2D eigenvalue weighted by Crippen LogP contribution is 2.08. The molecular weight excluding hydrogens is 198 g/mol. The van der Waals surface area contributed by atoms with Crippen molar-refractivity contribution >= 4 is 17.7 Å². The predicted molar refractivity (Wildman–Crippen MR) is 50.7 cm³/mol. The predicted octanol–water partition coefficient (Wildman–Crippen LogP) is -0.344. The van der Waals surface area contributed by atoms with Gasteiger partial charge in [0.05, 0.1) is 5.56 Å². The van der Waals surface area contributed by atoms with Crippen LogP contribution < -0.4 is 5.32 Å². The normalized spacial score (nSPS) is 14.7. The molecule has 0 radical (unpaired) electrons. The van der Waals surface area contributed by atoms with Gasteiger partial charge in [-0.2, -0.15) is 0 Å². The first kappa shape index (κ1) is 9.32. The summed E-state index contributed by atoms with van der Waals surface area (Å²) >= 11 is 0. The van der Waals surface area contributed by atoms with Crippen LogP contribution in [0, 0.1) is 0 Å². The molecule has 0 spiro atoms. The Labute approximate surface area is 84.7 Å². The van der Waals surface area contributed by atoms with Crippen LogP contribution in [0.25, 0.3) is 0 Å². The van der Waals surface area contributed by atoms with Crippen LogP contribution >= 0.6 is 0 Å². The molecular formula is C9H7N3O3. The van der Waals surface area contributed by atoms with E-state index in [0.29, 0.717) is 5.56 Å². The number of carbonyl (C=O) groups excluding carboxylic acids is 1. The second kappa shape index (κ2) is 3.49. The molecule has 1 amide bonds. The molecule has 2 heterocycles. The summed E-state index contributed by atoms with van der Waals surface area (Å²) in [5.74, 6) is -1.12. The van der Waals surface area contributed by atoms with E-state index < -0.39 is 5.97 Å². The summed E-state index contributed by atoms with van der Waals surface area (Å²) in [5.41, 5.74) is 0.217. The Kier molecular flexibility index (Phi) is 2.17. The van der Waals surface area contributed by atoms with Crippen molar-refractivity contribution in [1.29, 1.82) is 0 Å². The molecule has 0 aromatic carbocycles. The van der Waals surface area contributed by atoms with Crippen molar-refractivity contribution in [2.24, 2.45) is 4.99 Å². The monoisotopic (exact) mass is 205 g/mol. The van der Waals surface area contributed by atoms with Crippen LogP contribution in [0.15, 0.2) is 23.3 Å². The van der Waals surface area contributed by atoms with Crippen LogP contribution in [0.4, 0.5) is 0 Å². The first-order chi connectivity index (χ1) is 7.18. The third-order valence-corrected chi connectivity index (χ3v) is 1.90. The zero-order valence-electron chi connectivity index (χ0n) is 7.60. The summed E-state index contributed by atoms with van der Waals surface area (Å²) < 4.78 is 0. The Morgan fingerprint density at radius 3 is 2.93 bits per heavy atom. The van der Waals surface area contributed by atoms with E-state index in [2.05, 4.69) is 15.3 Å². The molecule has 76 valence electrons. The van der Waals surface area contributed by atoms with Gasteiger partial charge in [0.2, 0.25) is 5.91 Å². The molecule has 1 aromatic rings. The smallest absolute Gasteiger partial charge is 0.355 e. The molecule has 6 nitrogen and oxygen atoms in total. The van der Waals surface area contributed by atoms with Crippen molar-refractivity contribution in [3.8, 4) is 0 Å². The largest absolute Gasteiger partial charge is 0.476 e. The average molecular weight is 205 g/mol. The molecule has 0 unspecified atom stereocenters. The highest BCUT2D eigenvalue weighted by Gasteiger charge is 2.20. The van der Waals surface area contributed by atoms with Gasteiger partial charge < -0.3 is 10.4 Å². The van der Waals surface area contributed by atoms with E-state index in [4.69, 9.17) is 5.11 Å². The van der Waals surface area contributed by atoms with Gasteiger partial charge in [0, 0.05) is 6.20 Å². The van der Waals surface area contributed by atoms with Crippen LogP contribution in [0.3, 0.4) is 0 Å². The van der Waals surface area contributed by atoms with E-state index in [9.17, 15) is 9.59 Å². The summed E-state index contributed by atoms with van der Waals surface area (Å²) in [5, 5.41) is 11.3. The van der Waals surface area contributed by atoms with Crippen LogP contribution in [-0.2, 0) is 4.79 Å². The molecule has 1 aliphatic heterocycles. The number of hydrogen-bond acceptors (Lipinski definition) is 4. The van der Waals surface area contributed by atoms with Crippen molar-refractivity contribution in [2.45, 2.75) is 0 Å². The second-order valence-corrected chi connectivity index (χ2v) is 2.92. The minimum Gasteiger partial charge on any atom is -0.476 e. The molecule has 0 fully saturated rings. The number of aliphatic imine (C=N–C) groups is 1. The lowest BCUT2D eigenvalue weighted by atomic mass is 10.2. The Morgan fingerprint density at radius 1 is 1.53 bits per heavy atom. The maximum Gasteiger partial charge on any atom is 0.355 e. The minimum absolute atomic E-state index is 0.0310. The number of nitrogens with zero attached hydrogens (tertiary/aromatic N) is 2. The summed E-state index contributed by atoms with van der Waals surface area (Å²) in [7, 11) is 0. The van der Waals surface area contributed by atoms with Crippen molar-refractivity contribution in [3.63, 3.8) is 0 Å². The van der Waals surface area contributed by atoms with E-state index in [-0.39, 0.29) is 24.0 Å². The number of aromatic carboxylic acids is 1. The summed E-state index contributed by atoms with van der Waals surface area (Å²) in [6.07, 6.45) is 1.38. The summed E-state index contributed by atoms with van der Waals surface area (Å²) in [6.45, 7) is 0.0310. The summed E-state index contributed by atoms with van der Waals surface area (Å²) in [4.78, 5) is 29.3. The van der Waals surface area contributed by atoms with Crippen LogP contribution in [0.2, 0.25) is 0 Å². The number of aromatic nitrogens is 1. The average Bonchev–Trinajstić information content (AvgIpc) is 2.65. The number of rotatable bonds is 2. The molecule has 6 heteroatoms. The Morgan fingerprint density at radius 2 is 2.33 bits per heavy atom. The minimum atomic E-state index is -1.14. The molecule has 1 aromatic heterocycles. The zero-order chi connectivity index (χ0) is 10.8. The van der Waals surface area contributed by atoms with E-state index in [0.717, 1.165) is 0 Å². The molecule has 0 bridgehead atoms. The fourth-order valence-corrected chi connectivity index (χ4v) is 1.28. The molecule has 0 aliphatic carbocycles. The zero-order valence-corrected chi connectivity index (χ0v) is 7.60. The second-order valence-electron chi connectivity index (χ2n) is 2.92. The number of carbonyl (C=O) groups is 2. The van der Waals surface area contributed by atoms with Crippen molar-refractivity contribution in [1.82, 2.24) is 10.3 Å². The van der Waals surface area contributed by atoms with Gasteiger partial charge in [-0.05, 0) is 12.1 Å². The number of carboxylic acids is 1. The first-order valence-corrected chi connectivity index (χ1v) is 4.21. The number of pyridine rings is 1. The lowest BCUT2D eigenvalue weighted by Crippen LogP contribution is -2.27. The Hall–Kier alpha value is -2.24. The van der Waals surface area contributed by atoms with E-state index in [1.54, 1.807) is 12.1 Å². The van der Waals surface area contributed by atoms with Crippen LogP contribution in [-0.4, -0.2) is 34.3 Å². The number of amides is 1. The van der Waals surface area contributed by atoms with Gasteiger partial charge in [-0.3, -0.25) is 9.79 Å². The number of amidine groups is 1. The summed E-state index contributed by atoms with van der Waals surface area (Å²) in [6, 6.07) is 3.15. The van der Waals surface area contributed by atoms with Crippen molar-refractivity contribution in [2.75, 3.05) is 6.54 Å². The standard InChI is InChI=1S/C9H7N3O3/c13-6-4-11-8(12-6)5-2-1-3-10-7(5)9(14)15/h1-3H,4H2,(H,14,15)(H,11,12,13). The highest BCUT2D eigenvalue weighted by molar-refractivity contribution is 6.15. The maximum absolute atomic E-state index is 10.9. The van der Waals surface area contributed by atoms with E-state index in [1.165, 1.54) is 6.20 Å². The quantitative estimate of drug-likeness (QED) is 0.690. The van der Waals surface area contributed by atoms with Crippen LogP contribution in [0.5, 0.6) is 0 Å². The highest BCUT2D eigenvalue weighted by atomic mass is 16.4. The molecule has 0 saturated carbocycles. The van der Waals surface area contributed by atoms with Crippen LogP contribution in [0.1, 0.15) is 16.1 Å². The molecule has 2 rings (SSSR count). The number of carboxylic acid groups (broad SMARTS) is 1. The Balaban J connectivity index is 2.44. The fraction of sp³-hybridized carbons (Fsp3) is 0.111. The third-order valence-electron chi connectivity index (χ3n) is 1.90. The number of hydrogen-bond donors (Lipinski definition) is 2. The van der Waals surface area contributed by atoms with E-state index in [1.807, 2.05) is 0 Å². The third kappa shape index (κ3) is 1.69. The topological polar surface area (TPSA) is 91.7 Å². The Bertz CT molecular complexity index is 467. The molecule has 2 N–H and O–H groups in total. The van der Waals surface area contributed by atoms with E-state index >= 15 is 0 Å². The lowest BCUT2D eigenvalue weighted by Gasteiger charge is -2.03. The van der Waals surface area contributed by atoms with Gasteiger partial charge in [-0.25, -0.2) is 9.78 Å². The lowest BCUT2D eigenvalue weighted by molar-refractivity contribution is -0.117. The van der Waals surface area contributed by atoms with Gasteiger partial charge in [0.25, 0.3) is 0 Å². The van der Waals surface area contributed by atoms with Crippen molar-refractivity contribution < 1.29 is 14.7 Å². The van der Waals surface area contributed by atoms with Crippen molar-refractivity contribution in [3.05, 3.63) is 29.6 Å². The number of nitrogens with one attached hydrogen (secondary N) is 1. The van der Waals surface area contributed by atoms with Gasteiger partial charge in [-0.15, -0.1) is 0 Å². The van der Waals surface area contributed by atoms with Gasteiger partial charge in [0.1, 0.15) is 12.4 Å². The molecule has 0 saturated heterocycles. The SMILES string of the molecule is O=C1CN=C(c2cccnc2C(=O)O)N1. The molecule has 15 heavy (non-hydrogen) atoms. The fourth-order valence-electron chi connectivity index (χ4n) is 1.28. The van der Waals surface area contributed by atoms with Gasteiger partial charge in [0.15, 0.2) is 5.69 Å². The molecule has 0 atom stereocenters.